The molecule has 3 aromatic rings. The molecule has 0 bridgehead atoms. The third-order valence-corrected chi connectivity index (χ3v) is 3.44. The zero-order valence-electron chi connectivity index (χ0n) is 10.7. The summed E-state index contributed by atoms with van der Waals surface area (Å²) in [5.41, 5.74) is 1.73. The highest BCUT2D eigenvalue weighted by molar-refractivity contribution is 9.10. The van der Waals surface area contributed by atoms with Crippen LogP contribution in [0.4, 0.5) is 0 Å². The first-order valence-corrected chi connectivity index (χ1v) is 6.86. The van der Waals surface area contributed by atoms with E-state index in [2.05, 4.69) is 26.1 Å². The van der Waals surface area contributed by atoms with Crippen LogP contribution in [-0.4, -0.2) is 21.2 Å². The van der Waals surface area contributed by atoms with Crippen molar-refractivity contribution >= 4 is 21.9 Å². The summed E-state index contributed by atoms with van der Waals surface area (Å²) in [7, 11) is 0. The average Bonchev–Trinajstić information content (AvgIpc) is 2.98. The summed E-state index contributed by atoms with van der Waals surface area (Å²) in [5.74, 6) is -0.132. The van der Waals surface area contributed by atoms with Crippen LogP contribution in [0.25, 0.3) is 22.8 Å². The minimum atomic E-state index is -0.970. The van der Waals surface area contributed by atoms with Crippen molar-refractivity contribution in [1.29, 1.82) is 0 Å². The molecule has 5 nitrogen and oxygen atoms in total. The normalized spacial score (nSPS) is 10.5. The van der Waals surface area contributed by atoms with Crippen LogP contribution in [0.3, 0.4) is 0 Å². The second kappa shape index (κ2) is 5.49. The fourth-order valence-electron chi connectivity index (χ4n) is 1.81. The van der Waals surface area contributed by atoms with E-state index in [1.165, 1.54) is 12.1 Å². The fraction of sp³-hybridized carbons (Fsp3) is 0. The van der Waals surface area contributed by atoms with E-state index in [1.807, 2.05) is 24.3 Å². The summed E-state index contributed by atoms with van der Waals surface area (Å²) in [6, 6.07) is 13.8. The van der Waals surface area contributed by atoms with Crippen molar-refractivity contribution in [3.05, 3.63) is 58.6 Å². The molecule has 21 heavy (non-hydrogen) atoms. The first kappa shape index (κ1) is 13.5. The molecule has 1 heterocycles. The summed E-state index contributed by atoms with van der Waals surface area (Å²) in [6.45, 7) is 0. The predicted octanol–water partition coefficient (Wildman–Crippen LogP) is 3.86. The van der Waals surface area contributed by atoms with Gasteiger partial charge in [-0.1, -0.05) is 21.1 Å². The Kier molecular flexibility index (Phi) is 3.53. The van der Waals surface area contributed by atoms with Gasteiger partial charge in [0.2, 0.25) is 5.82 Å². The van der Waals surface area contributed by atoms with Crippen LogP contribution in [0.5, 0.6) is 0 Å². The number of carboxylic acid groups (broad SMARTS) is 1. The molecular weight excluding hydrogens is 336 g/mol. The van der Waals surface area contributed by atoms with Crippen molar-refractivity contribution in [3.8, 4) is 22.8 Å². The van der Waals surface area contributed by atoms with E-state index in [1.54, 1.807) is 12.1 Å². The van der Waals surface area contributed by atoms with Crippen molar-refractivity contribution < 1.29 is 14.4 Å². The minimum Gasteiger partial charge on any atom is -0.478 e. The van der Waals surface area contributed by atoms with Gasteiger partial charge in [0.15, 0.2) is 0 Å². The van der Waals surface area contributed by atoms with Crippen molar-refractivity contribution in [2.75, 3.05) is 0 Å². The van der Waals surface area contributed by atoms with Gasteiger partial charge in [0.05, 0.1) is 5.56 Å². The Hall–Kier alpha value is -2.47. The third kappa shape index (κ3) is 2.85. The molecule has 0 aliphatic rings. The van der Waals surface area contributed by atoms with Crippen molar-refractivity contribution in [2.45, 2.75) is 0 Å². The lowest BCUT2D eigenvalue weighted by atomic mass is 10.1. The highest BCUT2D eigenvalue weighted by Crippen LogP contribution is 2.23. The first-order chi connectivity index (χ1) is 10.1. The van der Waals surface area contributed by atoms with E-state index in [0.717, 1.165) is 10.0 Å². The van der Waals surface area contributed by atoms with Crippen molar-refractivity contribution in [1.82, 2.24) is 10.1 Å². The molecular formula is C15H9BrN2O3. The largest absolute Gasteiger partial charge is 0.478 e. The molecule has 0 unspecified atom stereocenters. The molecule has 0 atom stereocenters. The van der Waals surface area contributed by atoms with Gasteiger partial charge in [0, 0.05) is 15.6 Å². The monoisotopic (exact) mass is 344 g/mol. The maximum atomic E-state index is 10.8. The molecule has 1 N–H and O–H groups in total. The maximum Gasteiger partial charge on any atom is 0.335 e. The summed E-state index contributed by atoms with van der Waals surface area (Å²) in [5, 5.41) is 12.8. The number of aromatic carboxylic acids is 1. The third-order valence-electron chi connectivity index (χ3n) is 2.91. The van der Waals surface area contributed by atoms with Gasteiger partial charge in [-0.3, -0.25) is 0 Å². The SMILES string of the molecule is O=C(O)c1ccc(-c2nc(-c3ccc(Br)cc3)no2)cc1. The number of carboxylic acids is 1. The van der Waals surface area contributed by atoms with Gasteiger partial charge in [0.25, 0.3) is 5.89 Å². The number of hydrogen-bond donors (Lipinski definition) is 1. The molecule has 104 valence electrons. The van der Waals surface area contributed by atoms with Gasteiger partial charge in [-0.05, 0) is 48.5 Å². The number of hydrogen-bond acceptors (Lipinski definition) is 4. The zero-order chi connectivity index (χ0) is 14.8. The molecule has 0 saturated carbocycles. The molecule has 0 saturated heterocycles. The maximum absolute atomic E-state index is 10.8. The molecule has 0 amide bonds. The van der Waals surface area contributed by atoms with Crippen LogP contribution < -0.4 is 0 Å². The number of nitrogens with zero attached hydrogens (tertiary/aromatic N) is 2. The van der Waals surface area contributed by atoms with Crippen molar-refractivity contribution in [2.24, 2.45) is 0 Å². The molecule has 2 aromatic carbocycles. The van der Waals surface area contributed by atoms with Gasteiger partial charge >= 0.3 is 5.97 Å². The Morgan fingerprint density at radius 3 is 2.24 bits per heavy atom. The van der Waals surface area contributed by atoms with Gasteiger partial charge < -0.3 is 9.63 Å². The van der Waals surface area contributed by atoms with Gasteiger partial charge in [0.1, 0.15) is 0 Å². The Balaban J connectivity index is 1.90. The van der Waals surface area contributed by atoms with E-state index in [4.69, 9.17) is 9.63 Å². The summed E-state index contributed by atoms with van der Waals surface area (Å²) in [6.07, 6.45) is 0. The molecule has 0 spiro atoms. The lowest BCUT2D eigenvalue weighted by Gasteiger charge is -1.96. The number of benzene rings is 2. The van der Waals surface area contributed by atoms with Gasteiger partial charge in [-0.25, -0.2) is 4.79 Å². The summed E-state index contributed by atoms with van der Waals surface area (Å²) < 4.78 is 6.19. The Morgan fingerprint density at radius 2 is 1.62 bits per heavy atom. The number of halogens is 1. The van der Waals surface area contributed by atoms with Crippen LogP contribution in [0.1, 0.15) is 10.4 Å². The predicted molar refractivity (Wildman–Crippen MR) is 79.8 cm³/mol. The van der Waals surface area contributed by atoms with E-state index in [-0.39, 0.29) is 5.56 Å². The summed E-state index contributed by atoms with van der Waals surface area (Å²) >= 11 is 3.37. The molecule has 0 aliphatic carbocycles. The van der Waals surface area contributed by atoms with Crippen LogP contribution in [-0.2, 0) is 0 Å². The van der Waals surface area contributed by atoms with E-state index in [0.29, 0.717) is 17.3 Å². The Labute approximate surface area is 128 Å². The van der Waals surface area contributed by atoms with Gasteiger partial charge in [-0.15, -0.1) is 0 Å². The highest BCUT2D eigenvalue weighted by atomic mass is 79.9. The van der Waals surface area contributed by atoms with Crippen LogP contribution in [0.15, 0.2) is 57.5 Å². The van der Waals surface area contributed by atoms with E-state index >= 15 is 0 Å². The Bertz CT molecular complexity index is 779. The number of aromatic nitrogens is 2. The summed E-state index contributed by atoms with van der Waals surface area (Å²) in [4.78, 5) is 15.1. The van der Waals surface area contributed by atoms with E-state index in [9.17, 15) is 4.79 Å². The highest BCUT2D eigenvalue weighted by Gasteiger charge is 2.11. The molecule has 0 radical (unpaired) electrons. The molecule has 3 rings (SSSR count). The van der Waals surface area contributed by atoms with Crippen LogP contribution >= 0.6 is 15.9 Å². The van der Waals surface area contributed by atoms with Crippen LogP contribution in [0.2, 0.25) is 0 Å². The average molecular weight is 345 g/mol. The number of rotatable bonds is 3. The standard InChI is InChI=1S/C15H9BrN2O3/c16-12-7-5-9(6-8-12)13-17-14(21-18-13)10-1-3-11(4-2-10)15(19)20/h1-8H,(H,19,20). The lowest BCUT2D eigenvalue weighted by Crippen LogP contribution is -1.94. The topological polar surface area (TPSA) is 76.2 Å². The second-order valence-electron chi connectivity index (χ2n) is 4.31. The van der Waals surface area contributed by atoms with Crippen LogP contribution in [0, 0.1) is 0 Å². The quantitative estimate of drug-likeness (QED) is 0.780. The molecule has 0 aliphatic heterocycles. The first-order valence-electron chi connectivity index (χ1n) is 6.07. The van der Waals surface area contributed by atoms with Gasteiger partial charge in [-0.2, -0.15) is 4.98 Å². The van der Waals surface area contributed by atoms with E-state index < -0.39 is 5.97 Å². The molecule has 6 heteroatoms. The lowest BCUT2D eigenvalue weighted by molar-refractivity contribution is 0.0697. The minimum absolute atomic E-state index is 0.214. The second-order valence-corrected chi connectivity index (χ2v) is 5.23. The Morgan fingerprint density at radius 1 is 1.00 bits per heavy atom. The number of carbonyl (C=O) groups is 1. The smallest absolute Gasteiger partial charge is 0.335 e. The zero-order valence-corrected chi connectivity index (χ0v) is 12.2. The molecule has 1 aromatic heterocycles. The molecule has 0 fully saturated rings. The fourth-order valence-corrected chi connectivity index (χ4v) is 2.08. The van der Waals surface area contributed by atoms with Crippen molar-refractivity contribution in [3.63, 3.8) is 0 Å².